The van der Waals surface area contributed by atoms with E-state index in [0.717, 1.165) is 6.42 Å². The molecule has 2 atom stereocenters. The Bertz CT molecular complexity index is 387. The summed E-state index contributed by atoms with van der Waals surface area (Å²) in [6.45, 7) is 4.33. The van der Waals surface area contributed by atoms with E-state index in [2.05, 4.69) is 4.90 Å². The third kappa shape index (κ3) is 10.3. The van der Waals surface area contributed by atoms with Crippen LogP contribution in [-0.4, -0.2) is 115 Å². The zero-order chi connectivity index (χ0) is 22.3. The molecule has 0 fully saturated rings. The third-order valence-electron chi connectivity index (χ3n) is 4.98. The average molecular weight is 459 g/mol. The van der Waals surface area contributed by atoms with Crippen molar-refractivity contribution >= 4 is 17.6 Å². The Morgan fingerprint density at radius 3 is 1.86 bits per heavy atom. The van der Waals surface area contributed by atoms with Crippen LogP contribution < -0.4 is 5.73 Å². The molecule has 2 unspecified atom stereocenters. The Morgan fingerprint density at radius 1 is 0.897 bits per heavy atom. The first-order valence-corrected chi connectivity index (χ1v) is 13.7. The normalized spacial score (nSPS) is 15.1. The van der Waals surface area contributed by atoms with Crippen LogP contribution in [0.3, 0.4) is 0 Å². The van der Waals surface area contributed by atoms with E-state index in [1.54, 1.807) is 42.7 Å². The molecule has 0 saturated heterocycles. The van der Waals surface area contributed by atoms with Crippen LogP contribution in [-0.2, 0) is 31.3 Å². The number of aliphatic hydroxyl groups is 1. The van der Waals surface area contributed by atoms with Gasteiger partial charge in [0.25, 0.3) is 0 Å². The van der Waals surface area contributed by atoms with E-state index in [1.807, 2.05) is 6.92 Å². The summed E-state index contributed by atoms with van der Waals surface area (Å²) >= 11 is 0. The van der Waals surface area contributed by atoms with Crippen molar-refractivity contribution in [3.8, 4) is 0 Å². The highest BCUT2D eigenvalue weighted by atomic mass is 28.4. The van der Waals surface area contributed by atoms with E-state index in [1.165, 1.54) is 0 Å². The Hall–Kier alpha value is 0.0338. The summed E-state index contributed by atoms with van der Waals surface area (Å²) in [4.78, 5) is 2.10. The summed E-state index contributed by atoms with van der Waals surface area (Å²) in [6.07, 6.45) is 0.0862. The maximum absolute atomic E-state index is 10.4. The molecule has 0 spiro atoms. The predicted molar refractivity (Wildman–Crippen MR) is 115 cm³/mol. The monoisotopic (exact) mass is 458 g/mol. The van der Waals surface area contributed by atoms with Gasteiger partial charge in [-0.05, 0) is 13.3 Å². The molecule has 0 aliphatic carbocycles. The molecule has 0 bridgehead atoms. The molecule has 10 nitrogen and oxygen atoms in total. The van der Waals surface area contributed by atoms with Gasteiger partial charge in [0.1, 0.15) is 0 Å². The number of nitrogens with two attached hydrogens (primary N) is 1. The topological polar surface area (TPSA) is 114 Å². The third-order valence-corrected chi connectivity index (χ3v) is 10.8. The Kier molecular flexibility index (Phi) is 15.8. The van der Waals surface area contributed by atoms with E-state index < -0.39 is 23.7 Å². The van der Waals surface area contributed by atoms with Gasteiger partial charge >= 0.3 is 17.6 Å². The van der Waals surface area contributed by atoms with Crippen molar-refractivity contribution in [2.24, 2.45) is 5.73 Å². The van der Waals surface area contributed by atoms with E-state index in [9.17, 15) is 5.11 Å². The lowest BCUT2D eigenvalue weighted by atomic mass is 10.2. The molecule has 3 N–H and O–H groups in total. The molecule has 0 aliphatic rings. The first kappa shape index (κ1) is 29.0. The molecule has 0 radical (unpaired) electrons. The van der Waals surface area contributed by atoms with Crippen LogP contribution in [0, 0.1) is 0 Å². The molecular formula is C17H42N2O8Si2. The predicted octanol–water partition coefficient (Wildman–Crippen LogP) is 0.159. The van der Waals surface area contributed by atoms with Crippen molar-refractivity contribution < 1.29 is 36.4 Å². The summed E-state index contributed by atoms with van der Waals surface area (Å²) in [5, 5.41) is 10.4. The van der Waals surface area contributed by atoms with Gasteiger partial charge in [0.2, 0.25) is 0 Å². The fourth-order valence-electron chi connectivity index (χ4n) is 3.14. The summed E-state index contributed by atoms with van der Waals surface area (Å²) in [7, 11) is 4.25. The van der Waals surface area contributed by atoms with E-state index in [4.69, 9.17) is 37.0 Å². The van der Waals surface area contributed by atoms with Crippen molar-refractivity contribution in [1.29, 1.82) is 0 Å². The van der Waals surface area contributed by atoms with E-state index in [0.29, 0.717) is 38.3 Å². The molecule has 176 valence electrons. The summed E-state index contributed by atoms with van der Waals surface area (Å²) in [6, 6.07) is 1.32. The van der Waals surface area contributed by atoms with Crippen molar-refractivity contribution in [2.45, 2.75) is 37.6 Å². The first-order valence-electron chi connectivity index (χ1n) is 9.82. The van der Waals surface area contributed by atoms with Gasteiger partial charge in [0, 0.05) is 87.0 Å². The van der Waals surface area contributed by atoms with Gasteiger partial charge in [0.05, 0.1) is 12.7 Å². The van der Waals surface area contributed by atoms with Crippen molar-refractivity contribution in [3.05, 3.63) is 0 Å². The molecule has 0 aromatic carbocycles. The van der Waals surface area contributed by atoms with Crippen LogP contribution >= 0.6 is 0 Å². The quantitative estimate of drug-likeness (QED) is 0.205. The number of hydrogen-bond donors (Lipinski definition) is 2. The maximum atomic E-state index is 10.4. The molecule has 0 aliphatic heterocycles. The lowest BCUT2D eigenvalue weighted by Gasteiger charge is -2.34. The fourth-order valence-corrected chi connectivity index (χ4v) is 6.81. The van der Waals surface area contributed by atoms with Gasteiger partial charge in [-0.3, -0.25) is 4.90 Å². The first-order chi connectivity index (χ1) is 13.8. The molecule has 29 heavy (non-hydrogen) atoms. The van der Waals surface area contributed by atoms with Crippen LogP contribution in [0.2, 0.25) is 12.1 Å². The van der Waals surface area contributed by atoms with Crippen molar-refractivity contribution in [2.75, 3.05) is 75.5 Å². The van der Waals surface area contributed by atoms with Gasteiger partial charge in [-0.25, -0.2) is 0 Å². The van der Waals surface area contributed by atoms with E-state index in [-0.39, 0.29) is 12.6 Å². The van der Waals surface area contributed by atoms with E-state index >= 15 is 0 Å². The minimum atomic E-state index is -2.72. The second-order valence-corrected chi connectivity index (χ2v) is 12.8. The molecule has 0 saturated carbocycles. The highest BCUT2D eigenvalue weighted by Gasteiger charge is 2.41. The van der Waals surface area contributed by atoms with Gasteiger partial charge in [-0.2, -0.15) is 0 Å². The second-order valence-electron chi connectivity index (χ2n) is 6.76. The number of ether oxygens (including phenoxy) is 1. The fraction of sp³-hybridized carbons (Fsp3) is 1.00. The van der Waals surface area contributed by atoms with Gasteiger partial charge in [0.15, 0.2) is 0 Å². The Labute approximate surface area is 178 Å². The summed E-state index contributed by atoms with van der Waals surface area (Å²) < 4.78 is 38.3. The molecule has 12 heteroatoms. The SMILES string of the molecule is CO[Si](CCCOCC(O)CN(CCN)C(C)C[Si](OC)(OC)OC)(OC)OC. The molecular weight excluding hydrogens is 416 g/mol. The van der Waals surface area contributed by atoms with Gasteiger partial charge in [-0.15, -0.1) is 0 Å². The minimum absolute atomic E-state index is 0.0661. The number of nitrogens with zero attached hydrogens (tertiary/aromatic N) is 1. The molecule has 0 amide bonds. The number of aliphatic hydroxyl groups excluding tert-OH is 1. The lowest BCUT2D eigenvalue weighted by molar-refractivity contribution is 0.00884. The smallest absolute Gasteiger partial charge is 0.389 e. The largest absolute Gasteiger partial charge is 0.501 e. The van der Waals surface area contributed by atoms with Crippen LogP contribution in [0.25, 0.3) is 0 Å². The highest BCUT2D eigenvalue weighted by Crippen LogP contribution is 2.19. The van der Waals surface area contributed by atoms with Crippen LogP contribution in [0.5, 0.6) is 0 Å². The molecule has 0 aromatic rings. The van der Waals surface area contributed by atoms with Crippen LogP contribution in [0.1, 0.15) is 13.3 Å². The lowest BCUT2D eigenvalue weighted by Crippen LogP contribution is -2.51. The highest BCUT2D eigenvalue weighted by molar-refractivity contribution is 6.61. The molecule has 0 rings (SSSR count). The number of rotatable bonds is 19. The second kappa shape index (κ2) is 15.8. The summed E-state index contributed by atoms with van der Waals surface area (Å²) in [5.74, 6) is 0. The standard InChI is InChI=1S/C17H42N2O8Si2/c1-16(15-29(24-5,25-6)26-7)19(10-9-18)13-17(20)14-27-11-8-12-28(21-2,22-3)23-4/h16-17,20H,8-15,18H2,1-7H3. The maximum Gasteiger partial charge on any atom is 0.501 e. The minimum Gasteiger partial charge on any atom is -0.389 e. The molecule has 0 heterocycles. The summed E-state index contributed by atoms with van der Waals surface area (Å²) in [5.41, 5.74) is 5.76. The number of hydrogen-bond acceptors (Lipinski definition) is 10. The average Bonchev–Trinajstić information content (AvgIpc) is 2.74. The van der Waals surface area contributed by atoms with Gasteiger partial charge in [-0.1, -0.05) is 0 Å². The zero-order valence-electron chi connectivity index (χ0n) is 19.1. The van der Waals surface area contributed by atoms with Gasteiger partial charge < -0.3 is 42.1 Å². The zero-order valence-corrected chi connectivity index (χ0v) is 21.1. The Balaban J connectivity index is 4.48. The Morgan fingerprint density at radius 2 is 1.41 bits per heavy atom. The van der Waals surface area contributed by atoms with Crippen molar-refractivity contribution in [3.63, 3.8) is 0 Å². The van der Waals surface area contributed by atoms with Crippen molar-refractivity contribution in [1.82, 2.24) is 4.90 Å². The van der Waals surface area contributed by atoms with Crippen LogP contribution in [0.4, 0.5) is 0 Å². The van der Waals surface area contributed by atoms with Crippen LogP contribution in [0.15, 0.2) is 0 Å². The molecule has 0 aromatic heterocycles.